The highest BCUT2D eigenvalue weighted by atomic mass is 16.1. The lowest BCUT2D eigenvalue weighted by atomic mass is 9.52. The van der Waals surface area contributed by atoms with Gasteiger partial charge in [-0.15, -0.1) is 0 Å². The topological polar surface area (TPSA) is 17.1 Å². The summed E-state index contributed by atoms with van der Waals surface area (Å²) in [5, 5.41) is 0. The second-order valence-corrected chi connectivity index (χ2v) is 10.2. The Balaban J connectivity index is 0.000000327. The first kappa shape index (κ1) is 22.7. The van der Waals surface area contributed by atoms with Crippen molar-refractivity contribution in [2.45, 2.75) is 106 Å². The molecular formula is C26H46O. The molecular weight excluding hydrogens is 328 g/mol. The molecule has 6 unspecified atom stereocenters. The summed E-state index contributed by atoms with van der Waals surface area (Å²) < 4.78 is 0. The van der Waals surface area contributed by atoms with Gasteiger partial charge in [-0.3, -0.25) is 4.79 Å². The van der Waals surface area contributed by atoms with Gasteiger partial charge >= 0.3 is 0 Å². The number of Topliss-reactive ketones (excluding diaryl/α,β-unsaturated/α-hetero) is 1. The molecule has 6 atom stereocenters. The lowest BCUT2D eigenvalue weighted by Gasteiger charge is -2.51. The number of carbonyl (C=O) groups excluding carboxylic acids is 1. The van der Waals surface area contributed by atoms with E-state index in [1.807, 2.05) is 13.8 Å². The first-order valence-corrected chi connectivity index (χ1v) is 12.1. The first-order valence-electron chi connectivity index (χ1n) is 12.1. The number of allylic oxidation sites excluding steroid dienone is 2. The number of fused-ring (bicyclic) bond motifs is 5. The molecule has 0 spiro atoms. The number of ketones is 1. The summed E-state index contributed by atoms with van der Waals surface area (Å²) in [7, 11) is 0. The van der Waals surface area contributed by atoms with Crippen LogP contribution in [0, 0.1) is 40.9 Å². The Morgan fingerprint density at radius 1 is 1.11 bits per heavy atom. The fourth-order valence-corrected chi connectivity index (χ4v) is 6.24. The summed E-state index contributed by atoms with van der Waals surface area (Å²) in [5.41, 5.74) is 1.84. The third-order valence-electron chi connectivity index (χ3n) is 8.22. The molecule has 4 aliphatic rings. The van der Waals surface area contributed by atoms with Gasteiger partial charge in [-0.2, -0.15) is 0 Å². The van der Waals surface area contributed by atoms with Gasteiger partial charge in [0.1, 0.15) is 5.78 Å². The molecule has 0 heterocycles. The molecule has 0 aromatic heterocycles. The van der Waals surface area contributed by atoms with E-state index in [0.29, 0.717) is 11.7 Å². The van der Waals surface area contributed by atoms with Crippen LogP contribution in [0.25, 0.3) is 0 Å². The Morgan fingerprint density at radius 3 is 2.41 bits per heavy atom. The summed E-state index contributed by atoms with van der Waals surface area (Å²) >= 11 is 0. The third-order valence-corrected chi connectivity index (χ3v) is 8.22. The van der Waals surface area contributed by atoms with Crippen LogP contribution in [0.1, 0.15) is 106 Å². The van der Waals surface area contributed by atoms with Gasteiger partial charge in [0, 0.05) is 11.8 Å². The molecule has 1 nitrogen and oxygen atoms in total. The molecule has 0 aliphatic heterocycles. The van der Waals surface area contributed by atoms with Gasteiger partial charge in [0.2, 0.25) is 0 Å². The van der Waals surface area contributed by atoms with Gasteiger partial charge in [-0.25, -0.2) is 0 Å². The van der Waals surface area contributed by atoms with E-state index in [1.165, 1.54) is 51.4 Å². The summed E-state index contributed by atoms with van der Waals surface area (Å²) in [5.74, 6) is 5.67. The summed E-state index contributed by atoms with van der Waals surface area (Å²) in [6.45, 7) is 15.3. The number of carbonyl (C=O) groups is 1. The third kappa shape index (κ3) is 4.70. The summed E-state index contributed by atoms with van der Waals surface area (Å²) in [6.07, 6.45) is 13.9. The molecule has 27 heavy (non-hydrogen) atoms. The molecule has 4 rings (SSSR count). The van der Waals surface area contributed by atoms with Gasteiger partial charge in [-0.05, 0) is 80.5 Å². The average Bonchev–Trinajstić information content (AvgIpc) is 2.98. The zero-order chi connectivity index (χ0) is 20.2. The second kappa shape index (κ2) is 9.75. The summed E-state index contributed by atoms with van der Waals surface area (Å²) in [6, 6.07) is 0. The largest absolute Gasteiger partial charge is 0.299 e. The maximum Gasteiger partial charge on any atom is 0.139 e. The molecule has 4 aliphatic carbocycles. The lowest BCUT2D eigenvalue weighted by molar-refractivity contribution is -0.130. The Kier molecular flexibility index (Phi) is 8.19. The van der Waals surface area contributed by atoms with Crippen molar-refractivity contribution >= 4 is 5.78 Å². The van der Waals surface area contributed by atoms with E-state index in [-0.39, 0.29) is 5.41 Å². The van der Waals surface area contributed by atoms with Crippen LogP contribution < -0.4 is 0 Å². The van der Waals surface area contributed by atoms with Crippen molar-refractivity contribution in [3.8, 4) is 0 Å². The molecule has 0 bridgehead atoms. The van der Waals surface area contributed by atoms with E-state index in [4.69, 9.17) is 0 Å². The van der Waals surface area contributed by atoms with Crippen molar-refractivity contribution < 1.29 is 4.79 Å². The highest BCUT2D eigenvalue weighted by molar-refractivity contribution is 5.87. The van der Waals surface area contributed by atoms with Gasteiger partial charge in [-0.1, -0.05) is 66.5 Å². The molecule has 0 amide bonds. The number of hydrogen-bond acceptors (Lipinski definition) is 1. The van der Waals surface area contributed by atoms with Crippen LogP contribution in [0.3, 0.4) is 0 Å². The normalized spacial score (nSPS) is 39.8. The molecule has 0 aromatic carbocycles. The Labute approximate surface area is 169 Å². The van der Waals surface area contributed by atoms with E-state index < -0.39 is 0 Å². The minimum absolute atomic E-state index is 0.0501. The molecule has 0 radical (unpaired) electrons. The quantitative estimate of drug-likeness (QED) is 0.427. The second-order valence-electron chi connectivity index (χ2n) is 10.2. The standard InChI is InChI=1S/C19H28O.C5H12.C2H6/c1-12-3-5-14-13(11-12)4-6-16-15(14)9-10-19(2)17(16)7-8-18(19)20;1-4-5(2)3;1-2/h4,12,14-17H,3,5-11H2,1-2H3;5H,4H2,1-3H3;1-2H3. The van der Waals surface area contributed by atoms with Crippen LogP contribution in [-0.4, -0.2) is 5.78 Å². The van der Waals surface area contributed by atoms with E-state index in [1.54, 1.807) is 5.57 Å². The van der Waals surface area contributed by atoms with Crippen molar-refractivity contribution in [3.63, 3.8) is 0 Å². The predicted octanol–water partition coefficient (Wildman–Crippen LogP) is 7.84. The van der Waals surface area contributed by atoms with Crippen molar-refractivity contribution in [3.05, 3.63) is 11.6 Å². The van der Waals surface area contributed by atoms with Crippen molar-refractivity contribution in [2.24, 2.45) is 40.9 Å². The maximum atomic E-state index is 12.3. The van der Waals surface area contributed by atoms with Gasteiger partial charge in [0.05, 0.1) is 0 Å². The first-order chi connectivity index (χ1) is 12.9. The summed E-state index contributed by atoms with van der Waals surface area (Å²) in [4.78, 5) is 12.3. The monoisotopic (exact) mass is 374 g/mol. The SMILES string of the molecule is CC.CC1CCC2C(=CCC3C2CCC2(C)C(=O)CCC32)C1.CCC(C)C. The zero-order valence-electron chi connectivity index (χ0n) is 19.3. The minimum Gasteiger partial charge on any atom is -0.299 e. The minimum atomic E-state index is 0.0501. The van der Waals surface area contributed by atoms with Crippen LogP contribution in [-0.2, 0) is 4.79 Å². The lowest BCUT2D eigenvalue weighted by Crippen LogP contribution is -2.46. The van der Waals surface area contributed by atoms with Crippen LogP contribution >= 0.6 is 0 Å². The van der Waals surface area contributed by atoms with E-state index in [9.17, 15) is 4.79 Å². The van der Waals surface area contributed by atoms with Crippen LogP contribution in [0.15, 0.2) is 11.6 Å². The molecule has 0 saturated heterocycles. The highest BCUT2D eigenvalue weighted by Crippen LogP contribution is 2.60. The van der Waals surface area contributed by atoms with E-state index >= 15 is 0 Å². The Morgan fingerprint density at radius 2 is 1.78 bits per heavy atom. The number of rotatable bonds is 1. The van der Waals surface area contributed by atoms with Gasteiger partial charge in [0.25, 0.3) is 0 Å². The zero-order valence-corrected chi connectivity index (χ0v) is 19.3. The fraction of sp³-hybridized carbons (Fsp3) is 0.885. The van der Waals surface area contributed by atoms with Crippen LogP contribution in [0.4, 0.5) is 0 Å². The molecule has 156 valence electrons. The number of hydrogen-bond donors (Lipinski definition) is 0. The molecule has 0 aromatic rings. The van der Waals surface area contributed by atoms with Gasteiger partial charge < -0.3 is 0 Å². The highest BCUT2D eigenvalue weighted by Gasteiger charge is 2.55. The van der Waals surface area contributed by atoms with Gasteiger partial charge in [0.15, 0.2) is 0 Å². The van der Waals surface area contributed by atoms with E-state index in [2.05, 4.69) is 40.7 Å². The average molecular weight is 375 g/mol. The Bertz CT molecular complexity index is 516. The van der Waals surface area contributed by atoms with E-state index in [0.717, 1.165) is 36.0 Å². The Hall–Kier alpha value is -0.590. The maximum absolute atomic E-state index is 12.3. The fourth-order valence-electron chi connectivity index (χ4n) is 6.24. The predicted molar refractivity (Wildman–Crippen MR) is 118 cm³/mol. The molecule has 3 saturated carbocycles. The molecule has 0 N–H and O–H groups in total. The molecule has 3 fully saturated rings. The van der Waals surface area contributed by atoms with Crippen molar-refractivity contribution in [1.29, 1.82) is 0 Å². The smallest absolute Gasteiger partial charge is 0.139 e. The molecule has 1 heteroatoms. The van der Waals surface area contributed by atoms with Crippen LogP contribution in [0.2, 0.25) is 0 Å². The van der Waals surface area contributed by atoms with Crippen molar-refractivity contribution in [1.82, 2.24) is 0 Å². The van der Waals surface area contributed by atoms with Crippen molar-refractivity contribution in [2.75, 3.05) is 0 Å². The van der Waals surface area contributed by atoms with Crippen LogP contribution in [0.5, 0.6) is 0 Å².